The summed E-state index contributed by atoms with van der Waals surface area (Å²) in [4.78, 5) is 9.66. The average molecular weight is 272 g/mol. The molecule has 0 spiro atoms. The quantitative estimate of drug-likeness (QED) is 0.590. The lowest BCUT2D eigenvalue weighted by molar-refractivity contribution is -0.201. The molecule has 4 heterocycles. The second-order valence-corrected chi connectivity index (χ2v) is 6.23. The molecule has 0 aromatic rings. The minimum absolute atomic E-state index is 0.276. The van der Waals surface area contributed by atoms with Crippen molar-refractivity contribution in [2.24, 2.45) is 0 Å². The first-order valence-electron chi connectivity index (χ1n) is 7.64. The highest BCUT2D eigenvalue weighted by atomic mass is 15.6. The van der Waals surface area contributed by atoms with Crippen molar-refractivity contribution in [3.8, 4) is 12.1 Å². The molecular formula is C14H20N6. The largest absolute Gasteiger partial charge is 0.284 e. The molecule has 0 saturated carbocycles. The second-order valence-electron chi connectivity index (χ2n) is 6.23. The summed E-state index contributed by atoms with van der Waals surface area (Å²) in [7, 11) is 0. The second kappa shape index (κ2) is 4.68. The molecule has 20 heavy (non-hydrogen) atoms. The van der Waals surface area contributed by atoms with Crippen molar-refractivity contribution in [3.63, 3.8) is 0 Å². The first-order chi connectivity index (χ1) is 9.85. The topological polar surface area (TPSA) is 60.5 Å². The van der Waals surface area contributed by atoms with Crippen molar-refractivity contribution in [1.82, 2.24) is 19.6 Å². The maximum atomic E-state index is 9.59. The highest BCUT2D eigenvalue weighted by molar-refractivity contribution is 5.18. The van der Waals surface area contributed by atoms with Gasteiger partial charge in [0, 0.05) is 39.3 Å². The molecular weight excluding hydrogens is 252 g/mol. The Bertz CT molecular complexity index is 435. The fraction of sp³-hybridized carbons (Fsp3) is 0.857. The Hall–Kier alpha value is -1.18. The Morgan fingerprint density at radius 1 is 0.650 bits per heavy atom. The summed E-state index contributed by atoms with van der Waals surface area (Å²) in [5.74, 6) is 0. The zero-order valence-corrected chi connectivity index (χ0v) is 11.6. The number of nitriles is 2. The van der Waals surface area contributed by atoms with E-state index in [-0.39, 0.29) is 12.1 Å². The summed E-state index contributed by atoms with van der Waals surface area (Å²) in [6, 6.07) is 4.27. The molecule has 6 heteroatoms. The van der Waals surface area contributed by atoms with E-state index in [0.29, 0.717) is 12.3 Å². The van der Waals surface area contributed by atoms with E-state index < -0.39 is 0 Å². The zero-order chi connectivity index (χ0) is 13.7. The van der Waals surface area contributed by atoms with Gasteiger partial charge < -0.3 is 0 Å². The summed E-state index contributed by atoms with van der Waals surface area (Å²) in [5, 5.41) is 19.2. The van der Waals surface area contributed by atoms with E-state index in [0.717, 1.165) is 52.1 Å². The molecule has 0 amide bonds. The van der Waals surface area contributed by atoms with Crippen molar-refractivity contribution in [2.75, 3.05) is 39.3 Å². The van der Waals surface area contributed by atoms with Crippen LogP contribution in [0.15, 0.2) is 0 Å². The molecule has 0 aliphatic carbocycles. The third-order valence-corrected chi connectivity index (χ3v) is 5.37. The standard InChI is InChI=1S/C14H20N6/c15-9-11-12(10-16)20-6-2-4-18-8-7-17-3-1-5-19(11)13(17)14(18)20/h11-14H,1-8H2/t11-,12-,13-,14-/m1/s1. The summed E-state index contributed by atoms with van der Waals surface area (Å²) >= 11 is 0. The Morgan fingerprint density at radius 3 is 1.50 bits per heavy atom. The third kappa shape index (κ3) is 1.57. The fourth-order valence-electron chi connectivity index (χ4n) is 4.59. The number of nitrogens with zero attached hydrogens (tertiary/aromatic N) is 6. The van der Waals surface area contributed by atoms with E-state index in [1.807, 2.05) is 0 Å². The predicted octanol–water partition coefficient (Wildman–Crippen LogP) is -0.534. The lowest BCUT2D eigenvalue weighted by atomic mass is 9.92. The summed E-state index contributed by atoms with van der Waals surface area (Å²) in [6.45, 7) is 6.37. The Balaban J connectivity index is 1.77. The predicted molar refractivity (Wildman–Crippen MR) is 72.2 cm³/mol. The molecule has 6 nitrogen and oxygen atoms in total. The van der Waals surface area contributed by atoms with Crippen LogP contribution in [0.1, 0.15) is 12.8 Å². The van der Waals surface area contributed by atoms with Crippen molar-refractivity contribution < 1.29 is 0 Å². The smallest absolute Gasteiger partial charge is 0.128 e. The molecule has 0 aromatic carbocycles. The van der Waals surface area contributed by atoms with Gasteiger partial charge in [0.25, 0.3) is 0 Å². The molecule has 4 aliphatic rings. The van der Waals surface area contributed by atoms with Crippen LogP contribution in [-0.4, -0.2) is 83.3 Å². The van der Waals surface area contributed by atoms with Gasteiger partial charge in [-0.15, -0.1) is 0 Å². The molecule has 0 aromatic heterocycles. The SMILES string of the molecule is N#C[C@@H]1[C@@H](C#N)N2CCCN3CCN4CCCN1[C@@H]4[C@H]32. The van der Waals surface area contributed by atoms with Gasteiger partial charge in [0.1, 0.15) is 12.1 Å². The van der Waals surface area contributed by atoms with Crippen LogP contribution in [0.5, 0.6) is 0 Å². The summed E-state index contributed by atoms with van der Waals surface area (Å²) in [6.07, 6.45) is 2.85. The molecule has 106 valence electrons. The van der Waals surface area contributed by atoms with Crippen LogP contribution >= 0.6 is 0 Å². The van der Waals surface area contributed by atoms with Crippen molar-refractivity contribution in [2.45, 2.75) is 37.3 Å². The first-order valence-corrected chi connectivity index (χ1v) is 7.64. The average Bonchev–Trinajstić information content (AvgIpc) is 2.51. The maximum absolute atomic E-state index is 9.59. The molecule has 4 saturated heterocycles. The molecule has 4 fully saturated rings. The van der Waals surface area contributed by atoms with Gasteiger partial charge in [-0.25, -0.2) is 0 Å². The highest BCUT2D eigenvalue weighted by Gasteiger charge is 2.55. The van der Waals surface area contributed by atoms with Crippen LogP contribution in [0, 0.1) is 22.7 Å². The Morgan fingerprint density at radius 2 is 1.10 bits per heavy atom. The highest BCUT2D eigenvalue weighted by Crippen LogP contribution is 2.37. The van der Waals surface area contributed by atoms with Crippen LogP contribution < -0.4 is 0 Å². The lowest BCUT2D eigenvalue weighted by Gasteiger charge is -2.63. The maximum Gasteiger partial charge on any atom is 0.128 e. The minimum Gasteiger partial charge on any atom is -0.284 e. The lowest BCUT2D eigenvalue weighted by Crippen LogP contribution is -2.81. The van der Waals surface area contributed by atoms with E-state index in [2.05, 4.69) is 31.7 Å². The van der Waals surface area contributed by atoms with Crippen LogP contribution in [0.3, 0.4) is 0 Å². The minimum atomic E-state index is -0.276. The fourth-order valence-corrected chi connectivity index (χ4v) is 4.59. The Kier molecular flexibility index (Phi) is 2.94. The number of rotatable bonds is 0. The number of piperazine rings is 2. The van der Waals surface area contributed by atoms with Crippen molar-refractivity contribution >= 4 is 0 Å². The van der Waals surface area contributed by atoms with Crippen molar-refractivity contribution in [1.29, 1.82) is 10.5 Å². The molecule has 4 atom stereocenters. The number of hydrogen-bond acceptors (Lipinski definition) is 6. The van der Waals surface area contributed by atoms with Gasteiger partial charge in [0.2, 0.25) is 0 Å². The van der Waals surface area contributed by atoms with E-state index in [1.165, 1.54) is 0 Å². The van der Waals surface area contributed by atoms with E-state index in [4.69, 9.17) is 0 Å². The molecule has 0 unspecified atom stereocenters. The van der Waals surface area contributed by atoms with Gasteiger partial charge in [0.15, 0.2) is 0 Å². The zero-order valence-electron chi connectivity index (χ0n) is 11.6. The van der Waals surface area contributed by atoms with Gasteiger partial charge in [-0.2, -0.15) is 10.5 Å². The normalized spacial score (nSPS) is 42.5. The molecule has 0 radical (unpaired) electrons. The van der Waals surface area contributed by atoms with Gasteiger partial charge in [-0.1, -0.05) is 0 Å². The van der Waals surface area contributed by atoms with Gasteiger partial charge in [-0.3, -0.25) is 19.6 Å². The molecule has 4 aliphatic heterocycles. The van der Waals surface area contributed by atoms with Crippen LogP contribution in [-0.2, 0) is 0 Å². The van der Waals surface area contributed by atoms with Crippen LogP contribution in [0.4, 0.5) is 0 Å². The molecule has 0 bridgehead atoms. The third-order valence-electron chi connectivity index (χ3n) is 5.37. The van der Waals surface area contributed by atoms with Crippen molar-refractivity contribution in [3.05, 3.63) is 0 Å². The van der Waals surface area contributed by atoms with Gasteiger partial charge in [-0.05, 0) is 12.8 Å². The summed E-state index contributed by atoms with van der Waals surface area (Å²) < 4.78 is 0. The number of hydrogen-bond donors (Lipinski definition) is 0. The Labute approximate surface area is 119 Å². The van der Waals surface area contributed by atoms with Crippen LogP contribution in [0.2, 0.25) is 0 Å². The molecule has 0 N–H and O–H groups in total. The van der Waals surface area contributed by atoms with E-state index in [9.17, 15) is 10.5 Å². The van der Waals surface area contributed by atoms with Gasteiger partial charge in [0.05, 0.1) is 24.5 Å². The van der Waals surface area contributed by atoms with Gasteiger partial charge >= 0.3 is 0 Å². The van der Waals surface area contributed by atoms with Crippen LogP contribution in [0.25, 0.3) is 0 Å². The molecule has 4 rings (SSSR count). The van der Waals surface area contributed by atoms with E-state index in [1.54, 1.807) is 0 Å². The first kappa shape index (κ1) is 12.6. The summed E-state index contributed by atoms with van der Waals surface area (Å²) in [5.41, 5.74) is 0. The van der Waals surface area contributed by atoms with E-state index >= 15 is 0 Å². The monoisotopic (exact) mass is 272 g/mol.